The van der Waals surface area contributed by atoms with Crippen molar-refractivity contribution >= 4 is 17.5 Å². The molecule has 0 saturated carbocycles. The van der Waals surface area contributed by atoms with Crippen LogP contribution in [0.25, 0.3) is 0 Å². The third kappa shape index (κ3) is 5.60. The maximum Gasteiger partial charge on any atom is 0.262 e. The van der Waals surface area contributed by atoms with Gasteiger partial charge in [-0.25, -0.2) is 0 Å². The Bertz CT molecular complexity index is 774. The predicted octanol–water partition coefficient (Wildman–Crippen LogP) is 2.70. The lowest BCUT2D eigenvalue weighted by Crippen LogP contribution is -2.29. The van der Waals surface area contributed by atoms with Crippen LogP contribution in [0.5, 0.6) is 5.75 Å². The molecule has 0 aliphatic rings. The van der Waals surface area contributed by atoms with E-state index in [1.807, 2.05) is 32.0 Å². The molecule has 26 heavy (non-hydrogen) atoms. The lowest BCUT2D eigenvalue weighted by Gasteiger charge is -2.13. The second kappa shape index (κ2) is 9.58. The average Bonchev–Trinajstić information content (AvgIpc) is 2.61. The summed E-state index contributed by atoms with van der Waals surface area (Å²) in [6.07, 6.45) is 0. The first-order valence-corrected chi connectivity index (χ1v) is 8.37. The summed E-state index contributed by atoms with van der Waals surface area (Å²) in [5.41, 5.74) is 2.93. The van der Waals surface area contributed by atoms with Gasteiger partial charge in [0.15, 0.2) is 6.61 Å². The summed E-state index contributed by atoms with van der Waals surface area (Å²) in [6.45, 7) is 4.61. The van der Waals surface area contributed by atoms with Crippen LogP contribution in [-0.2, 0) is 9.53 Å². The first kappa shape index (κ1) is 19.5. The van der Waals surface area contributed by atoms with E-state index in [2.05, 4.69) is 10.6 Å². The van der Waals surface area contributed by atoms with E-state index >= 15 is 0 Å². The van der Waals surface area contributed by atoms with Gasteiger partial charge in [-0.15, -0.1) is 0 Å². The molecule has 0 aliphatic carbocycles. The van der Waals surface area contributed by atoms with Crippen LogP contribution >= 0.6 is 0 Å². The van der Waals surface area contributed by atoms with E-state index in [0.29, 0.717) is 30.2 Å². The summed E-state index contributed by atoms with van der Waals surface area (Å²) < 4.78 is 10.5. The van der Waals surface area contributed by atoms with Crippen molar-refractivity contribution in [1.82, 2.24) is 5.32 Å². The third-order valence-electron chi connectivity index (χ3n) is 3.73. The fourth-order valence-corrected chi connectivity index (χ4v) is 2.44. The van der Waals surface area contributed by atoms with E-state index in [4.69, 9.17) is 9.47 Å². The molecule has 0 bridgehead atoms. The minimum absolute atomic E-state index is 0.135. The van der Waals surface area contributed by atoms with Gasteiger partial charge >= 0.3 is 0 Å². The van der Waals surface area contributed by atoms with Crippen LogP contribution in [0, 0.1) is 13.8 Å². The summed E-state index contributed by atoms with van der Waals surface area (Å²) in [4.78, 5) is 24.4. The average molecular weight is 356 g/mol. The lowest BCUT2D eigenvalue weighted by molar-refractivity contribution is -0.118. The van der Waals surface area contributed by atoms with Gasteiger partial charge in [0, 0.05) is 13.7 Å². The molecule has 0 unspecified atom stereocenters. The molecule has 6 heteroatoms. The van der Waals surface area contributed by atoms with Crippen molar-refractivity contribution in [3.63, 3.8) is 0 Å². The molecule has 2 N–H and O–H groups in total. The Labute approximate surface area is 153 Å². The van der Waals surface area contributed by atoms with Crippen molar-refractivity contribution in [2.45, 2.75) is 13.8 Å². The Balaban J connectivity index is 1.97. The van der Waals surface area contributed by atoms with Crippen molar-refractivity contribution in [2.24, 2.45) is 0 Å². The molecule has 0 aromatic heterocycles. The molecular weight excluding hydrogens is 332 g/mol. The zero-order chi connectivity index (χ0) is 18.9. The number of methoxy groups -OCH3 is 1. The standard InChI is InChI=1S/C20H24N2O4/c1-14-8-9-18(15(2)12-14)26-13-19(23)22-17-7-5-4-6-16(17)20(24)21-10-11-25-3/h4-9,12H,10-11,13H2,1-3H3,(H,21,24)(H,22,23). The normalized spacial score (nSPS) is 10.3. The molecule has 6 nitrogen and oxygen atoms in total. The third-order valence-corrected chi connectivity index (χ3v) is 3.73. The van der Waals surface area contributed by atoms with Gasteiger partial charge in [0.2, 0.25) is 0 Å². The van der Waals surface area contributed by atoms with Crippen molar-refractivity contribution in [1.29, 1.82) is 0 Å². The second-order valence-electron chi connectivity index (χ2n) is 5.90. The van der Waals surface area contributed by atoms with Gasteiger partial charge in [-0.2, -0.15) is 0 Å². The molecular formula is C20H24N2O4. The Morgan fingerprint density at radius 1 is 1.08 bits per heavy atom. The fourth-order valence-electron chi connectivity index (χ4n) is 2.44. The number of benzene rings is 2. The number of nitrogens with one attached hydrogen (secondary N) is 2. The van der Waals surface area contributed by atoms with Crippen LogP contribution in [0.1, 0.15) is 21.5 Å². The number of hydrogen-bond acceptors (Lipinski definition) is 4. The maximum atomic E-state index is 12.2. The number of amides is 2. The molecule has 0 aliphatic heterocycles. The van der Waals surface area contributed by atoms with E-state index in [1.54, 1.807) is 31.4 Å². The largest absolute Gasteiger partial charge is 0.483 e. The summed E-state index contributed by atoms with van der Waals surface area (Å²) >= 11 is 0. The molecule has 138 valence electrons. The first-order valence-electron chi connectivity index (χ1n) is 8.37. The van der Waals surface area contributed by atoms with Crippen molar-refractivity contribution < 1.29 is 19.1 Å². The van der Waals surface area contributed by atoms with Crippen molar-refractivity contribution in [2.75, 3.05) is 32.2 Å². The van der Waals surface area contributed by atoms with Gasteiger partial charge in [0.25, 0.3) is 11.8 Å². The van der Waals surface area contributed by atoms with Crippen LogP contribution in [0.3, 0.4) is 0 Å². The Hall–Kier alpha value is -2.86. The summed E-state index contributed by atoms with van der Waals surface area (Å²) in [6, 6.07) is 12.6. The SMILES string of the molecule is COCCNC(=O)c1ccccc1NC(=O)COc1ccc(C)cc1C. The number of rotatable bonds is 8. The van der Waals surface area contributed by atoms with E-state index in [-0.39, 0.29) is 18.4 Å². The highest BCUT2D eigenvalue weighted by Crippen LogP contribution is 2.19. The van der Waals surface area contributed by atoms with E-state index in [9.17, 15) is 9.59 Å². The zero-order valence-electron chi connectivity index (χ0n) is 15.3. The summed E-state index contributed by atoms with van der Waals surface area (Å²) in [5.74, 6) is 0.0618. The van der Waals surface area contributed by atoms with Crippen LogP contribution in [0.15, 0.2) is 42.5 Å². The minimum atomic E-state index is -0.331. The number of para-hydroxylation sites is 1. The van der Waals surface area contributed by atoms with Gasteiger partial charge in [-0.3, -0.25) is 9.59 Å². The maximum absolute atomic E-state index is 12.2. The molecule has 0 radical (unpaired) electrons. The van der Waals surface area contributed by atoms with Gasteiger partial charge in [-0.05, 0) is 37.6 Å². The summed E-state index contributed by atoms with van der Waals surface area (Å²) in [7, 11) is 1.57. The number of aryl methyl sites for hydroxylation is 2. The number of anilines is 1. The van der Waals surface area contributed by atoms with Gasteiger partial charge in [0.1, 0.15) is 5.75 Å². The Kier molecular flexibility index (Phi) is 7.17. The molecule has 2 amide bonds. The molecule has 0 atom stereocenters. The smallest absolute Gasteiger partial charge is 0.262 e. The molecule has 0 heterocycles. The lowest BCUT2D eigenvalue weighted by atomic mass is 10.1. The topological polar surface area (TPSA) is 76.7 Å². The molecule has 2 rings (SSSR count). The van der Waals surface area contributed by atoms with Crippen molar-refractivity contribution in [3.8, 4) is 5.75 Å². The molecule has 0 saturated heterocycles. The first-order chi connectivity index (χ1) is 12.5. The van der Waals surface area contributed by atoms with Crippen molar-refractivity contribution in [3.05, 3.63) is 59.2 Å². The molecule has 0 spiro atoms. The predicted molar refractivity (Wildman–Crippen MR) is 101 cm³/mol. The number of carbonyl (C=O) groups is 2. The van der Waals surface area contributed by atoms with Gasteiger partial charge in [0.05, 0.1) is 17.9 Å². The van der Waals surface area contributed by atoms with E-state index < -0.39 is 0 Å². The minimum Gasteiger partial charge on any atom is -0.483 e. The van der Waals surface area contributed by atoms with Gasteiger partial charge in [-0.1, -0.05) is 29.8 Å². The zero-order valence-corrected chi connectivity index (χ0v) is 15.3. The Morgan fingerprint density at radius 2 is 1.85 bits per heavy atom. The van der Waals surface area contributed by atoms with Crippen LogP contribution in [0.2, 0.25) is 0 Å². The van der Waals surface area contributed by atoms with E-state index in [1.165, 1.54) is 0 Å². The Morgan fingerprint density at radius 3 is 2.58 bits per heavy atom. The van der Waals surface area contributed by atoms with Crippen LogP contribution in [0.4, 0.5) is 5.69 Å². The monoisotopic (exact) mass is 356 g/mol. The fraction of sp³-hybridized carbons (Fsp3) is 0.300. The quantitative estimate of drug-likeness (QED) is 0.713. The highest BCUT2D eigenvalue weighted by molar-refractivity contribution is 6.04. The molecule has 2 aromatic carbocycles. The highest BCUT2D eigenvalue weighted by atomic mass is 16.5. The second-order valence-corrected chi connectivity index (χ2v) is 5.90. The molecule has 0 fully saturated rings. The van der Waals surface area contributed by atoms with Crippen LogP contribution in [-0.4, -0.2) is 38.7 Å². The highest BCUT2D eigenvalue weighted by Gasteiger charge is 2.13. The number of hydrogen-bond donors (Lipinski definition) is 2. The number of ether oxygens (including phenoxy) is 2. The summed E-state index contributed by atoms with van der Waals surface area (Å²) in [5, 5.41) is 5.46. The number of carbonyl (C=O) groups excluding carboxylic acids is 2. The van der Waals surface area contributed by atoms with Gasteiger partial charge < -0.3 is 20.1 Å². The van der Waals surface area contributed by atoms with E-state index in [0.717, 1.165) is 11.1 Å². The van der Waals surface area contributed by atoms with Crippen LogP contribution < -0.4 is 15.4 Å². The molecule has 2 aromatic rings.